The lowest BCUT2D eigenvalue weighted by Crippen LogP contribution is -2.45. The Kier molecular flexibility index (Phi) is 4.41. The summed E-state index contributed by atoms with van der Waals surface area (Å²) in [7, 11) is 0. The lowest BCUT2D eigenvalue weighted by molar-refractivity contribution is -0.00546. The van der Waals surface area contributed by atoms with Gasteiger partial charge in [-0.1, -0.05) is 18.2 Å². The minimum atomic E-state index is 0.0187. The number of morpholine rings is 1. The van der Waals surface area contributed by atoms with Gasteiger partial charge in [-0.15, -0.1) is 0 Å². The van der Waals surface area contributed by atoms with E-state index in [-0.39, 0.29) is 24.2 Å². The van der Waals surface area contributed by atoms with Crippen molar-refractivity contribution in [1.29, 1.82) is 0 Å². The van der Waals surface area contributed by atoms with Crippen molar-refractivity contribution in [1.82, 2.24) is 4.98 Å². The Labute approximate surface area is 154 Å². The fourth-order valence-corrected chi connectivity index (χ4v) is 4.08. The Morgan fingerprint density at radius 1 is 1.08 bits per heavy atom. The number of fused-ring (bicyclic) bond motifs is 1. The molecule has 0 spiro atoms. The minimum absolute atomic E-state index is 0.0187. The van der Waals surface area contributed by atoms with E-state index >= 15 is 0 Å². The monoisotopic (exact) mass is 351 g/mol. The van der Waals surface area contributed by atoms with Crippen molar-refractivity contribution in [3.05, 3.63) is 53.7 Å². The summed E-state index contributed by atoms with van der Waals surface area (Å²) >= 11 is 0. The Balaban J connectivity index is 1.55. The van der Waals surface area contributed by atoms with Gasteiger partial charge in [0.15, 0.2) is 0 Å². The SMILES string of the molecule is CC1CN(c2ccc(C(=O)N3c4ccccc4CC3C)cn2)CC(C)O1. The van der Waals surface area contributed by atoms with E-state index in [1.165, 1.54) is 5.56 Å². The first-order valence-electron chi connectivity index (χ1n) is 9.31. The maximum absolute atomic E-state index is 13.1. The van der Waals surface area contributed by atoms with Crippen LogP contribution in [0.2, 0.25) is 0 Å². The summed E-state index contributed by atoms with van der Waals surface area (Å²) in [4.78, 5) is 21.7. The summed E-state index contributed by atoms with van der Waals surface area (Å²) in [5, 5.41) is 0. The van der Waals surface area contributed by atoms with Crippen LogP contribution >= 0.6 is 0 Å². The summed E-state index contributed by atoms with van der Waals surface area (Å²) in [6.07, 6.45) is 2.97. The molecule has 1 aromatic heterocycles. The van der Waals surface area contributed by atoms with Crippen LogP contribution in [0.3, 0.4) is 0 Å². The van der Waals surface area contributed by atoms with Gasteiger partial charge in [-0.3, -0.25) is 4.79 Å². The molecule has 136 valence electrons. The van der Waals surface area contributed by atoms with Crippen molar-refractivity contribution in [2.24, 2.45) is 0 Å². The number of pyridine rings is 1. The second-order valence-corrected chi connectivity index (χ2v) is 7.42. The predicted octanol–water partition coefficient (Wildman–Crippen LogP) is 3.29. The van der Waals surface area contributed by atoms with Gasteiger partial charge < -0.3 is 14.5 Å². The van der Waals surface area contributed by atoms with Crippen molar-refractivity contribution < 1.29 is 9.53 Å². The van der Waals surface area contributed by atoms with Crippen molar-refractivity contribution >= 4 is 17.4 Å². The first kappa shape index (κ1) is 17.0. The molecular formula is C21H25N3O2. The van der Waals surface area contributed by atoms with Crippen LogP contribution in [0.25, 0.3) is 0 Å². The Bertz CT molecular complexity index is 795. The maximum atomic E-state index is 13.1. The lowest BCUT2D eigenvalue weighted by atomic mass is 10.1. The molecule has 0 bridgehead atoms. The molecule has 2 aliphatic rings. The number of para-hydroxylation sites is 1. The van der Waals surface area contributed by atoms with Gasteiger partial charge in [0, 0.05) is 31.0 Å². The number of hydrogen-bond acceptors (Lipinski definition) is 4. The quantitative estimate of drug-likeness (QED) is 0.833. The lowest BCUT2D eigenvalue weighted by Gasteiger charge is -2.36. The summed E-state index contributed by atoms with van der Waals surface area (Å²) in [5.74, 6) is 0.920. The number of carbonyl (C=O) groups excluding carboxylic acids is 1. The van der Waals surface area contributed by atoms with E-state index in [1.807, 2.05) is 35.2 Å². The third-order valence-electron chi connectivity index (χ3n) is 5.16. The van der Waals surface area contributed by atoms with Crippen LogP contribution in [-0.2, 0) is 11.2 Å². The number of anilines is 2. The number of ether oxygens (including phenoxy) is 1. The molecule has 26 heavy (non-hydrogen) atoms. The number of benzene rings is 1. The molecular weight excluding hydrogens is 326 g/mol. The molecule has 5 heteroatoms. The molecule has 3 unspecified atom stereocenters. The second kappa shape index (κ2) is 6.72. The van der Waals surface area contributed by atoms with Gasteiger partial charge in [0.05, 0.1) is 17.8 Å². The highest BCUT2D eigenvalue weighted by molar-refractivity contribution is 6.07. The zero-order valence-corrected chi connectivity index (χ0v) is 15.6. The molecule has 5 nitrogen and oxygen atoms in total. The predicted molar refractivity (Wildman–Crippen MR) is 103 cm³/mol. The van der Waals surface area contributed by atoms with Crippen LogP contribution in [-0.4, -0.2) is 42.2 Å². The van der Waals surface area contributed by atoms with Crippen LogP contribution < -0.4 is 9.80 Å². The number of aromatic nitrogens is 1. The first-order chi connectivity index (χ1) is 12.5. The average Bonchev–Trinajstić information content (AvgIpc) is 2.96. The van der Waals surface area contributed by atoms with E-state index < -0.39 is 0 Å². The van der Waals surface area contributed by atoms with Gasteiger partial charge in [0.25, 0.3) is 5.91 Å². The Morgan fingerprint density at radius 3 is 2.50 bits per heavy atom. The third-order valence-corrected chi connectivity index (χ3v) is 5.16. The van der Waals surface area contributed by atoms with E-state index in [0.29, 0.717) is 5.56 Å². The molecule has 2 aliphatic heterocycles. The summed E-state index contributed by atoms with van der Waals surface area (Å²) in [5.41, 5.74) is 2.88. The smallest absolute Gasteiger partial charge is 0.260 e. The van der Waals surface area contributed by atoms with E-state index in [4.69, 9.17) is 4.74 Å². The molecule has 1 fully saturated rings. The van der Waals surface area contributed by atoms with Gasteiger partial charge in [0.1, 0.15) is 5.82 Å². The summed E-state index contributed by atoms with van der Waals surface area (Å²) in [6.45, 7) is 7.89. The molecule has 1 saturated heterocycles. The van der Waals surface area contributed by atoms with E-state index in [2.05, 4.69) is 36.7 Å². The molecule has 0 aliphatic carbocycles. The first-order valence-corrected chi connectivity index (χ1v) is 9.31. The van der Waals surface area contributed by atoms with E-state index in [1.54, 1.807) is 6.20 Å². The molecule has 0 saturated carbocycles. The van der Waals surface area contributed by atoms with Crippen molar-refractivity contribution in [3.63, 3.8) is 0 Å². The van der Waals surface area contributed by atoms with Crippen molar-refractivity contribution in [2.75, 3.05) is 22.9 Å². The number of amides is 1. The molecule has 4 rings (SSSR count). The Morgan fingerprint density at radius 2 is 1.81 bits per heavy atom. The van der Waals surface area contributed by atoms with E-state index in [0.717, 1.165) is 31.0 Å². The highest BCUT2D eigenvalue weighted by atomic mass is 16.5. The fourth-order valence-electron chi connectivity index (χ4n) is 4.08. The van der Waals surface area contributed by atoms with Crippen molar-refractivity contribution in [2.45, 2.75) is 45.4 Å². The van der Waals surface area contributed by atoms with Crippen LogP contribution in [0.15, 0.2) is 42.6 Å². The number of rotatable bonds is 2. The normalized spacial score (nSPS) is 25.3. The van der Waals surface area contributed by atoms with E-state index in [9.17, 15) is 4.79 Å². The topological polar surface area (TPSA) is 45.7 Å². The van der Waals surface area contributed by atoms with Gasteiger partial charge >= 0.3 is 0 Å². The van der Waals surface area contributed by atoms with Crippen LogP contribution in [0.5, 0.6) is 0 Å². The minimum Gasteiger partial charge on any atom is -0.372 e. The number of nitrogens with zero attached hydrogens (tertiary/aromatic N) is 3. The highest BCUT2D eigenvalue weighted by Gasteiger charge is 2.31. The molecule has 2 aromatic rings. The third kappa shape index (κ3) is 3.07. The maximum Gasteiger partial charge on any atom is 0.260 e. The van der Waals surface area contributed by atoms with Gasteiger partial charge in [0.2, 0.25) is 0 Å². The second-order valence-electron chi connectivity index (χ2n) is 7.42. The average molecular weight is 351 g/mol. The number of carbonyl (C=O) groups is 1. The molecule has 0 radical (unpaired) electrons. The van der Waals surface area contributed by atoms with Gasteiger partial charge in [-0.05, 0) is 51.0 Å². The fraction of sp³-hybridized carbons (Fsp3) is 0.429. The Hall–Kier alpha value is -2.40. The molecule has 3 atom stereocenters. The number of hydrogen-bond donors (Lipinski definition) is 0. The molecule has 0 N–H and O–H groups in total. The standard InChI is InChI=1S/C21H25N3O2/c1-14-10-17-6-4-5-7-19(17)24(14)21(25)18-8-9-20(22-11-18)23-12-15(2)26-16(3)13-23/h4-9,11,14-16H,10,12-13H2,1-3H3. The highest BCUT2D eigenvalue weighted by Crippen LogP contribution is 2.33. The van der Waals surface area contributed by atoms with Gasteiger partial charge in [-0.25, -0.2) is 4.98 Å². The molecule has 1 aromatic carbocycles. The molecule has 3 heterocycles. The molecule has 1 amide bonds. The summed E-state index contributed by atoms with van der Waals surface area (Å²) in [6, 6.07) is 12.1. The van der Waals surface area contributed by atoms with Crippen LogP contribution in [0.1, 0.15) is 36.7 Å². The zero-order valence-electron chi connectivity index (χ0n) is 15.6. The largest absolute Gasteiger partial charge is 0.372 e. The summed E-state index contributed by atoms with van der Waals surface area (Å²) < 4.78 is 5.78. The van der Waals surface area contributed by atoms with Crippen LogP contribution in [0.4, 0.5) is 11.5 Å². The van der Waals surface area contributed by atoms with Crippen LogP contribution in [0, 0.1) is 0 Å². The van der Waals surface area contributed by atoms with Gasteiger partial charge in [-0.2, -0.15) is 0 Å². The van der Waals surface area contributed by atoms with Crippen molar-refractivity contribution in [3.8, 4) is 0 Å². The zero-order chi connectivity index (χ0) is 18.3.